The van der Waals surface area contributed by atoms with Gasteiger partial charge >= 0.3 is 5.69 Å². The summed E-state index contributed by atoms with van der Waals surface area (Å²) in [6.07, 6.45) is 0. The third-order valence-electron chi connectivity index (χ3n) is 2.59. The number of hydrogen-bond donors (Lipinski definition) is 1. The monoisotopic (exact) mass is 312 g/mol. The van der Waals surface area contributed by atoms with Gasteiger partial charge in [-0.25, -0.2) is 0 Å². The summed E-state index contributed by atoms with van der Waals surface area (Å²) < 4.78 is 5.49. The Balaban J connectivity index is 2.42. The second-order valence-electron chi connectivity index (χ2n) is 3.92. The van der Waals surface area contributed by atoms with E-state index in [4.69, 9.17) is 33.7 Å². The molecule has 0 saturated carbocycles. The lowest BCUT2D eigenvalue weighted by molar-refractivity contribution is -0.385. The summed E-state index contributed by atoms with van der Waals surface area (Å²) in [6.45, 7) is 0.340. The van der Waals surface area contributed by atoms with Gasteiger partial charge in [0.1, 0.15) is 5.75 Å². The number of hydrogen-bond acceptors (Lipinski definition) is 4. The summed E-state index contributed by atoms with van der Waals surface area (Å²) in [4.78, 5) is 10.4. The van der Waals surface area contributed by atoms with Crippen molar-refractivity contribution in [2.24, 2.45) is 5.73 Å². The maximum Gasteiger partial charge on any atom is 0.313 e. The van der Waals surface area contributed by atoms with E-state index in [1.54, 1.807) is 18.2 Å². The van der Waals surface area contributed by atoms with Crippen molar-refractivity contribution in [3.63, 3.8) is 0 Å². The van der Waals surface area contributed by atoms with E-state index >= 15 is 0 Å². The molecule has 0 atom stereocenters. The molecule has 0 aliphatic heterocycles. The third-order valence-corrected chi connectivity index (χ3v) is 3.18. The van der Waals surface area contributed by atoms with Crippen molar-refractivity contribution in [2.45, 2.75) is 6.54 Å². The standard InChI is InChI=1S/C13H10Cl2N2O3/c14-9-2-1-3-11(17(18)19)13(9)20-12-5-4-8(7-16)6-10(12)15/h1-6H,7,16H2. The second-order valence-corrected chi connectivity index (χ2v) is 4.73. The molecule has 2 aromatic rings. The number of nitro groups is 1. The molecule has 0 spiro atoms. The van der Waals surface area contributed by atoms with Gasteiger partial charge in [0.2, 0.25) is 5.75 Å². The molecule has 0 unspecified atom stereocenters. The quantitative estimate of drug-likeness (QED) is 0.679. The van der Waals surface area contributed by atoms with E-state index in [9.17, 15) is 10.1 Å². The summed E-state index contributed by atoms with van der Waals surface area (Å²) in [5.41, 5.74) is 6.10. The number of nitro benzene ring substituents is 1. The number of ether oxygens (including phenoxy) is 1. The Hall–Kier alpha value is -1.82. The normalized spacial score (nSPS) is 10.3. The minimum Gasteiger partial charge on any atom is -0.447 e. The molecule has 0 amide bonds. The highest BCUT2D eigenvalue weighted by Crippen LogP contribution is 2.39. The van der Waals surface area contributed by atoms with Gasteiger partial charge in [-0.05, 0) is 23.8 Å². The van der Waals surface area contributed by atoms with Gasteiger partial charge in [0.25, 0.3) is 0 Å². The van der Waals surface area contributed by atoms with Crippen molar-refractivity contribution in [2.75, 3.05) is 0 Å². The molecule has 0 aliphatic rings. The molecule has 0 fully saturated rings. The average Bonchev–Trinajstić information content (AvgIpc) is 2.42. The van der Waals surface area contributed by atoms with Gasteiger partial charge in [0.05, 0.1) is 15.0 Å². The van der Waals surface area contributed by atoms with Gasteiger partial charge in [0.15, 0.2) is 0 Å². The Morgan fingerprint density at radius 2 is 1.95 bits per heavy atom. The van der Waals surface area contributed by atoms with Crippen LogP contribution >= 0.6 is 23.2 Å². The SMILES string of the molecule is NCc1ccc(Oc2c(Cl)cccc2[N+](=O)[O-])c(Cl)c1. The molecule has 0 aliphatic carbocycles. The molecule has 5 nitrogen and oxygen atoms in total. The van der Waals surface area contributed by atoms with Crippen LogP contribution in [0.15, 0.2) is 36.4 Å². The first-order valence-electron chi connectivity index (χ1n) is 5.62. The van der Waals surface area contributed by atoms with Crippen molar-refractivity contribution >= 4 is 28.9 Å². The molecule has 2 N–H and O–H groups in total. The zero-order valence-electron chi connectivity index (χ0n) is 10.2. The lowest BCUT2D eigenvalue weighted by atomic mass is 10.2. The Morgan fingerprint density at radius 3 is 2.55 bits per heavy atom. The average molecular weight is 313 g/mol. The van der Waals surface area contributed by atoms with Gasteiger partial charge in [0, 0.05) is 12.6 Å². The summed E-state index contributed by atoms with van der Waals surface area (Å²) >= 11 is 12.0. The van der Waals surface area contributed by atoms with Crippen molar-refractivity contribution in [1.82, 2.24) is 0 Å². The molecule has 0 aromatic heterocycles. The first-order chi connectivity index (χ1) is 9.52. The zero-order valence-corrected chi connectivity index (χ0v) is 11.7. The van der Waals surface area contributed by atoms with E-state index in [1.165, 1.54) is 18.2 Å². The van der Waals surface area contributed by atoms with Gasteiger partial charge in [-0.2, -0.15) is 0 Å². The van der Waals surface area contributed by atoms with Crippen LogP contribution in [0, 0.1) is 10.1 Å². The molecular formula is C13H10Cl2N2O3. The van der Waals surface area contributed by atoms with E-state index in [-0.39, 0.29) is 22.2 Å². The van der Waals surface area contributed by atoms with Crippen molar-refractivity contribution in [1.29, 1.82) is 0 Å². The number of halogens is 2. The number of para-hydroxylation sites is 1. The highest BCUT2D eigenvalue weighted by molar-refractivity contribution is 6.33. The van der Waals surface area contributed by atoms with E-state index in [0.29, 0.717) is 11.6 Å². The van der Waals surface area contributed by atoms with Crippen LogP contribution in [0.1, 0.15) is 5.56 Å². The maximum absolute atomic E-state index is 11.0. The molecule has 0 saturated heterocycles. The van der Waals surface area contributed by atoms with Crippen LogP contribution in [0.25, 0.3) is 0 Å². The Labute approximate surface area is 125 Å². The second kappa shape index (κ2) is 6.09. The Bertz CT molecular complexity index is 662. The summed E-state index contributed by atoms with van der Waals surface area (Å²) in [5.74, 6) is 0.238. The summed E-state index contributed by atoms with van der Waals surface area (Å²) in [6, 6.07) is 9.25. The molecule has 104 valence electrons. The molecular weight excluding hydrogens is 303 g/mol. The third kappa shape index (κ3) is 3.01. The predicted octanol–water partition coefficient (Wildman–Crippen LogP) is 4.15. The fourth-order valence-electron chi connectivity index (χ4n) is 1.61. The van der Waals surface area contributed by atoms with Crippen molar-refractivity contribution in [3.8, 4) is 11.5 Å². The lowest BCUT2D eigenvalue weighted by Crippen LogP contribution is -1.97. The van der Waals surface area contributed by atoms with Gasteiger partial charge in [-0.1, -0.05) is 35.3 Å². The van der Waals surface area contributed by atoms with E-state index in [1.807, 2.05) is 0 Å². The van der Waals surface area contributed by atoms with Crippen LogP contribution in [-0.2, 0) is 6.54 Å². The Kier molecular flexibility index (Phi) is 4.44. The Morgan fingerprint density at radius 1 is 1.20 bits per heavy atom. The predicted molar refractivity (Wildman–Crippen MR) is 77.5 cm³/mol. The van der Waals surface area contributed by atoms with Crippen LogP contribution in [-0.4, -0.2) is 4.92 Å². The van der Waals surface area contributed by atoms with Crippen molar-refractivity contribution < 1.29 is 9.66 Å². The van der Waals surface area contributed by atoms with E-state index < -0.39 is 4.92 Å². The van der Waals surface area contributed by atoms with Crippen LogP contribution in [0.3, 0.4) is 0 Å². The smallest absolute Gasteiger partial charge is 0.313 e. The first kappa shape index (κ1) is 14.6. The van der Waals surface area contributed by atoms with Crippen LogP contribution in [0.5, 0.6) is 11.5 Å². The van der Waals surface area contributed by atoms with Gasteiger partial charge in [-0.15, -0.1) is 0 Å². The summed E-state index contributed by atoms with van der Waals surface area (Å²) in [5, 5.41) is 11.4. The minimum atomic E-state index is -0.566. The molecule has 0 radical (unpaired) electrons. The molecule has 20 heavy (non-hydrogen) atoms. The van der Waals surface area contributed by atoms with Crippen LogP contribution in [0.2, 0.25) is 10.0 Å². The fourth-order valence-corrected chi connectivity index (χ4v) is 2.06. The highest BCUT2D eigenvalue weighted by atomic mass is 35.5. The van der Waals surface area contributed by atoms with E-state index in [0.717, 1.165) is 5.56 Å². The van der Waals surface area contributed by atoms with Crippen LogP contribution < -0.4 is 10.5 Å². The number of benzene rings is 2. The number of rotatable bonds is 4. The largest absolute Gasteiger partial charge is 0.447 e. The fraction of sp³-hybridized carbons (Fsp3) is 0.0769. The molecule has 2 rings (SSSR count). The minimum absolute atomic E-state index is 0.0402. The summed E-state index contributed by atoms with van der Waals surface area (Å²) in [7, 11) is 0. The molecule has 0 bridgehead atoms. The maximum atomic E-state index is 11.0. The van der Waals surface area contributed by atoms with Crippen LogP contribution in [0.4, 0.5) is 5.69 Å². The molecule has 7 heteroatoms. The first-order valence-corrected chi connectivity index (χ1v) is 6.37. The van der Waals surface area contributed by atoms with Crippen molar-refractivity contribution in [3.05, 3.63) is 62.1 Å². The highest BCUT2D eigenvalue weighted by Gasteiger charge is 2.19. The number of nitrogens with zero attached hydrogens (tertiary/aromatic N) is 1. The number of nitrogens with two attached hydrogens (primary N) is 1. The van der Waals surface area contributed by atoms with E-state index in [2.05, 4.69) is 0 Å². The molecule has 0 heterocycles. The molecule has 2 aromatic carbocycles. The van der Waals surface area contributed by atoms with Gasteiger partial charge in [-0.3, -0.25) is 10.1 Å². The van der Waals surface area contributed by atoms with Gasteiger partial charge < -0.3 is 10.5 Å². The topological polar surface area (TPSA) is 78.4 Å². The zero-order chi connectivity index (χ0) is 14.7. The lowest BCUT2D eigenvalue weighted by Gasteiger charge is -2.10.